The van der Waals surface area contributed by atoms with Gasteiger partial charge in [-0.25, -0.2) is 13.2 Å². The molecule has 2 atom stereocenters. The summed E-state index contributed by atoms with van der Waals surface area (Å²) in [6, 6.07) is 14.3. The zero-order chi connectivity index (χ0) is 17.8. The van der Waals surface area contributed by atoms with E-state index in [1.54, 1.807) is 9.80 Å². The summed E-state index contributed by atoms with van der Waals surface area (Å²) >= 11 is 0. The second kappa shape index (κ2) is 5.59. The number of nitrogens with zero attached hydrogens (tertiary/aromatic N) is 2. The van der Waals surface area contributed by atoms with Gasteiger partial charge in [0.25, 0.3) is 0 Å². The number of sulfone groups is 1. The molecule has 0 bridgehead atoms. The first-order valence-corrected chi connectivity index (χ1v) is 10.1. The van der Waals surface area contributed by atoms with Crippen LogP contribution in [-0.4, -0.2) is 38.0 Å². The van der Waals surface area contributed by atoms with Gasteiger partial charge in [0, 0.05) is 11.4 Å². The number of amides is 2. The number of carbonyl (C=O) groups is 1. The summed E-state index contributed by atoms with van der Waals surface area (Å²) in [5, 5.41) is 0. The number of benzene rings is 2. The van der Waals surface area contributed by atoms with E-state index in [1.807, 2.05) is 62.4 Å². The first-order valence-electron chi connectivity index (χ1n) is 8.32. The molecule has 2 amide bonds. The van der Waals surface area contributed by atoms with Gasteiger partial charge in [0.05, 0.1) is 23.6 Å². The molecule has 0 spiro atoms. The summed E-state index contributed by atoms with van der Waals surface area (Å²) in [5.74, 6) is 0.0271. The van der Waals surface area contributed by atoms with Crippen molar-refractivity contribution < 1.29 is 13.2 Å². The van der Waals surface area contributed by atoms with Gasteiger partial charge in [0.1, 0.15) is 0 Å². The lowest BCUT2D eigenvalue weighted by atomic mass is 10.1. The van der Waals surface area contributed by atoms with Gasteiger partial charge < -0.3 is 0 Å². The number of hydrogen-bond acceptors (Lipinski definition) is 3. The highest BCUT2D eigenvalue weighted by Crippen LogP contribution is 2.38. The highest BCUT2D eigenvalue weighted by atomic mass is 32.2. The summed E-state index contributed by atoms with van der Waals surface area (Å²) in [6.07, 6.45) is 0. The van der Waals surface area contributed by atoms with Crippen LogP contribution < -0.4 is 9.80 Å². The Morgan fingerprint density at radius 3 is 2.04 bits per heavy atom. The third-order valence-corrected chi connectivity index (χ3v) is 6.87. The van der Waals surface area contributed by atoms with Crippen molar-refractivity contribution in [2.24, 2.45) is 0 Å². The molecule has 0 aliphatic carbocycles. The molecule has 2 aliphatic heterocycles. The zero-order valence-corrected chi connectivity index (χ0v) is 15.0. The average molecular weight is 356 g/mol. The summed E-state index contributed by atoms with van der Waals surface area (Å²) in [7, 11) is -3.16. The lowest BCUT2D eigenvalue weighted by Crippen LogP contribution is -2.37. The molecule has 5 nitrogen and oxygen atoms in total. The molecule has 2 aromatic carbocycles. The Morgan fingerprint density at radius 2 is 1.44 bits per heavy atom. The number of urea groups is 1. The Hall–Kier alpha value is -2.34. The van der Waals surface area contributed by atoms with E-state index in [0.29, 0.717) is 0 Å². The molecule has 0 unspecified atom stereocenters. The summed E-state index contributed by atoms with van der Waals surface area (Å²) < 4.78 is 24.5. The second-order valence-corrected chi connectivity index (χ2v) is 8.99. The van der Waals surface area contributed by atoms with Crippen LogP contribution in [0, 0.1) is 13.8 Å². The van der Waals surface area contributed by atoms with Crippen molar-refractivity contribution in [2.75, 3.05) is 21.3 Å². The molecule has 0 radical (unpaired) electrons. The van der Waals surface area contributed by atoms with Gasteiger partial charge in [-0.1, -0.05) is 24.3 Å². The van der Waals surface area contributed by atoms with Crippen LogP contribution in [0.5, 0.6) is 0 Å². The van der Waals surface area contributed by atoms with Crippen LogP contribution in [0.15, 0.2) is 48.5 Å². The molecule has 6 heteroatoms. The lowest BCUT2D eigenvalue weighted by Gasteiger charge is -2.23. The van der Waals surface area contributed by atoms with Gasteiger partial charge >= 0.3 is 6.03 Å². The fourth-order valence-corrected chi connectivity index (χ4v) is 5.69. The van der Waals surface area contributed by atoms with Gasteiger partial charge in [-0.05, 0) is 49.2 Å². The van der Waals surface area contributed by atoms with Crippen molar-refractivity contribution in [2.45, 2.75) is 25.9 Å². The van der Waals surface area contributed by atoms with Crippen molar-refractivity contribution in [3.8, 4) is 0 Å². The molecule has 2 aromatic rings. The molecule has 2 heterocycles. The van der Waals surface area contributed by atoms with Crippen molar-refractivity contribution in [1.29, 1.82) is 0 Å². The molecule has 0 saturated carbocycles. The smallest absolute Gasteiger partial charge is 0.288 e. The molecule has 0 aromatic heterocycles. The van der Waals surface area contributed by atoms with E-state index in [1.165, 1.54) is 0 Å². The van der Waals surface area contributed by atoms with Crippen LogP contribution in [0.1, 0.15) is 11.1 Å². The Bertz CT molecular complexity index is 940. The second-order valence-electron chi connectivity index (χ2n) is 6.84. The van der Waals surface area contributed by atoms with Crippen LogP contribution >= 0.6 is 0 Å². The molecular weight excluding hydrogens is 336 g/mol. The first kappa shape index (κ1) is 16.1. The van der Waals surface area contributed by atoms with E-state index in [4.69, 9.17) is 0 Å². The average Bonchev–Trinajstić information content (AvgIpc) is 3.00. The maximum atomic E-state index is 13.2. The number of carbonyl (C=O) groups excluding carboxylic acids is 1. The number of fused-ring (bicyclic) bond motifs is 1. The maximum absolute atomic E-state index is 13.2. The minimum absolute atomic E-state index is 0.0135. The number of para-hydroxylation sites is 1. The van der Waals surface area contributed by atoms with E-state index < -0.39 is 9.84 Å². The molecule has 2 aliphatic rings. The lowest BCUT2D eigenvalue weighted by molar-refractivity contribution is 0.255. The monoisotopic (exact) mass is 356 g/mol. The zero-order valence-electron chi connectivity index (χ0n) is 14.2. The third-order valence-electron chi connectivity index (χ3n) is 5.17. The number of aryl methyl sites for hydroxylation is 2. The first-order chi connectivity index (χ1) is 11.9. The van der Waals surface area contributed by atoms with Crippen LogP contribution in [0.25, 0.3) is 0 Å². The molecule has 4 rings (SSSR count). The molecule has 2 saturated heterocycles. The number of anilines is 2. The Balaban J connectivity index is 1.82. The molecule has 0 N–H and O–H groups in total. The predicted molar refractivity (Wildman–Crippen MR) is 98.9 cm³/mol. The quantitative estimate of drug-likeness (QED) is 0.778. The Morgan fingerprint density at radius 1 is 0.840 bits per heavy atom. The van der Waals surface area contributed by atoms with Crippen molar-refractivity contribution in [3.63, 3.8) is 0 Å². The Kier molecular flexibility index (Phi) is 3.61. The van der Waals surface area contributed by atoms with Gasteiger partial charge in [0.2, 0.25) is 0 Å². The van der Waals surface area contributed by atoms with Crippen molar-refractivity contribution >= 4 is 27.2 Å². The fraction of sp³-hybridized carbons (Fsp3) is 0.316. The highest BCUT2D eigenvalue weighted by molar-refractivity contribution is 7.91. The summed E-state index contributed by atoms with van der Waals surface area (Å²) in [6.45, 7) is 4.02. The summed E-state index contributed by atoms with van der Waals surface area (Å²) in [4.78, 5) is 16.5. The molecule has 130 valence electrons. The van der Waals surface area contributed by atoms with E-state index >= 15 is 0 Å². The van der Waals surface area contributed by atoms with Crippen LogP contribution in [0.2, 0.25) is 0 Å². The maximum Gasteiger partial charge on any atom is 0.329 e. The van der Waals surface area contributed by atoms with Gasteiger partial charge in [-0.15, -0.1) is 0 Å². The van der Waals surface area contributed by atoms with Gasteiger partial charge in [-0.2, -0.15) is 0 Å². The third kappa shape index (κ3) is 2.61. The minimum atomic E-state index is -3.16. The van der Waals surface area contributed by atoms with E-state index in [2.05, 4.69) is 0 Å². The topological polar surface area (TPSA) is 57.7 Å². The predicted octanol–water partition coefficient (Wildman–Crippen LogP) is 2.92. The Labute approximate surface area is 147 Å². The van der Waals surface area contributed by atoms with Crippen LogP contribution in [0.4, 0.5) is 16.2 Å². The van der Waals surface area contributed by atoms with Crippen LogP contribution in [0.3, 0.4) is 0 Å². The summed E-state index contributed by atoms with van der Waals surface area (Å²) in [5.41, 5.74) is 3.73. The van der Waals surface area contributed by atoms with Gasteiger partial charge in [-0.3, -0.25) is 9.80 Å². The van der Waals surface area contributed by atoms with Gasteiger partial charge in [0.15, 0.2) is 9.84 Å². The van der Waals surface area contributed by atoms with Crippen LogP contribution in [-0.2, 0) is 9.84 Å². The minimum Gasteiger partial charge on any atom is -0.288 e. The fourth-order valence-electron chi connectivity index (χ4n) is 3.77. The number of hydrogen-bond donors (Lipinski definition) is 0. The standard InChI is InChI=1S/C19H20N2O3S/c1-13-8-9-16(10-14(13)2)21-18-12-25(23,24)11-17(18)20(19(21)22)15-6-4-3-5-7-15/h3-10,17-18H,11-12H2,1-2H3/t17-,18+/m1/s1. The highest BCUT2D eigenvalue weighted by Gasteiger charge is 2.54. The van der Waals surface area contributed by atoms with E-state index in [9.17, 15) is 13.2 Å². The SMILES string of the molecule is Cc1ccc(N2C(=O)N(c3ccccc3)[C@@H]3CS(=O)(=O)C[C@@H]32)cc1C. The van der Waals surface area contributed by atoms with E-state index in [-0.39, 0.29) is 29.6 Å². The van der Waals surface area contributed by atoms with E-state index in [0.717, 1.165) is 22.5 Å². The molecule has 2 fully saturated rings. The van der Waals surface area contributed by atoms with Crippen molar-refractivity contribution in [1.82, 2.24) is 0 Å². The normalized spacial score (nSPS) is 24.6. The largest absolute Gasteiger partial charge is 0.329 e. The molecular formula is C19H20N2O3S. The number of rotatable bonds is 2. The molecule has 25 heavy (non-hydrogen) atoms. The van der Waals surface area contributed by atoms with Crippen molar-refractivity contribution in [3.05, 3.63) is 59.7 Å².